The van der Waals surface area contributed by atoms with Crippen molar-refractivity contribution in [3.63, 3.8) is 0 Å². The molecule has 0 heterocycles. The topological polar surface area (TPSA) is 69.7 Å². The van der Waals surface area contributed by atoms with Crippen LogP contribution in [0.4, 0.5) is 0 Å². The van der Waals surface area contributed by atoms with E-state index in [1.807, 2.05) is 0 Å². The molecule has 13 heavy (non-hydrogen) atoms. The fourth-order valence-corrected chi connectivity index (χ4v) is 1.07. The first kappa shape index (κ1) is 9.98. The molecule has 1 atom stereocenters. The smallest absolute Gasteiger partial charge is 0.115 e. The molecule has 1 aromatic carbocycles. The molecule has 0 aliphatic carbocycles. The monoisotopic (exact) mass is 182 g/mol. The molecule has 1 aromatic rings. The number of aliphatic hydroxyl groups excluding tert-OH is 1. The maximum atomic E-state index is 9.58. The summed E-state index contributed by atoms with van der Waals surface area (Å²) in [6.45, 7) is 0.366. The van der Waals surface area contributed by atoms with Crippen molar-refractivity contribution in [2.45, 2.75) is 6.10 Å². The highest BCUT2D eigenvalue weighted by molar-refractivity contribution is 5.27. The van der Waals surface area contributed by atoms with Crippen LogP contribution in [0.15, 0.2) is 24.3 Å². The molecule has 4 nitrogen and oxygen atoms in total. The highest BCUT2D eigenvalue weighted by atomic mass is 16.3. The third kappa shape index (κ3) is 3.02. The SMILES string of the molecule is CN(N)CC(O)c1ccc(O)cc1. The second-order valence-corrected chi connectivity index (χ2v) is 3.05. The zero-order valence-corrected chi connectivity index (χ0v) is 7.51. The molecule has 0 fully saturated rings. The summed E-state index contributed by atoms with van der Waals surface area (Å²) < 4.78 is 0. The van der Waals surface area contributed by atoms with E-state index < -0.39 is 6.10 Å². The predicted molar refractivity (Wildman–Crippen MR) is 49.9 cm³/mol. The van der Waals surface area contributed by atoms with Crippen molar-refractivity contribution in [1.82, 2.24) is 5.01 Å². The minimum Gasteiger partial charge on any atom is -0.508 e. The van der Waals surface area contributed by atoms with Gasteiger partial charge in [-0.15, -0.1) is 0 Å². The summed E-state index contributed by atoms with van der Waals surface area (Å²) in [6, 6.07) is 6.41. The van der Waals surface area contributed by atoms with Crippen molar-refractivity contribution in [3.05, 3.63) is 29.8 Å². The molecule has 72 valence electrons. The normalized spacial score (nSPS) is 13.2. The molecular weight excluding hydrogens is 168 g/mol. The number of hydrogen-bond acceptors (Lipinski definition) is 4. The molecule has 0 bridgehead atoms. The van der Waals surface area contributed by atoms with Gasteiger partial charge in [-0.05, 0) is 17.7 Å². The molecule has 0 aromatic heterocycles. The Morgan fingerprint density at radius 3 is 2.38 bits per heavy atom. The Labute approximate surface area is 77.2 Å². The standard InChI is InChI=1S/C9H14N2O2/c1-11(10)6-9(13)7-2-4-8(12)5-3-7/h2-5,9,12-13H,6,10H2,1H3. The average molecular weight is 182 g/mol. The van der Waals surface area contributed by atoms with Crippen molar-refractivity contribution >= 4 is 0 Å². The van der Waals surface area contributed by atoms with Gasteiger partial charge in [0.15, 0.2) is 0 Å². The Morgan fingerprint density at radius 1 is 1.38 bits per heavy atom. The largest absolute Gasteiger partial charge is 0.508 e. The number of rotatable bonds is 3. The molecule has 0 amide bonds. The van der Waals surface area contributed by atoms with E-state index in [1.54, 1.807) is 19.2 Å². The fourth-order valence-electron chi connectivity index (χ4n) is 1.07. The lowest BCUT2D eigenvalue weighted by Crippen LogP contribution is -2.30. The molecule has 0 saturated heterocycles. The molecule has 0 saturated carbocycles. The Morgan fingerprint density at radius 2 is 1.92 bits per heavy atom. The van der Waals surface area contributed by atoms with Gasteiger partial charge in [-0.2, -0.15) is 0 Å². The van der Waals surface area contributed by atoms with Crippen LogP contribution >= 0.6 is 0 Å². The van der Waals surface area contributed by atoms with Crippen molar-refractivity contribution < 1.29 is 10.2 Å². The maximum Gasteiger partial charge on any atom is 0.115 e. The van der Waals surface area contributed by atoms with Gasteiger partial charge in [0.1, 0.15) is 5.75 Å². The fraction of sp³-hybridized carbons (Fsp3) is 0.333. The second kappa shape index (κ2) is 4.23. The van der Waals surface area contributed by atoms with Gasteiger partial charge in [0.25, 0.3) is 0 Å². The van der Waals surface area contributed by atoms with Gasteiger partial charge < -0.3 is 10.2 Å². The Bertz CT molecular complexity index is 259. The van der Waals surface area contributed by atoms with E-state index >= 15 is 0 Å². The average Bonchev–Trinajstić information content (AvgIpc) is 2.04. The lowest BCUT2D eigenvalue weighted by atomic mass is 10.1. The zero-order chi connectivity index (χ0) is 9.84. The summed E-state index contributed by atoms with van der Waals surface area (Å²) in [5.41, 5.74) is 0.745. The summed E-state index contributed by atoms with van der Waals surface area (Å²) in [7, 11) is 1.68. The first-order chi connectivity index (χ1) is 6.09. The molecule has 1 rings (SSSR count). The second-order valence-electron chi connectivity index (χ2n) is 3.05. The van der Waals surface area contributed by atoms with Crippen LogP contribution in [0.1, 0.15) is 11.7 Å². The summed E-state index contributed by atoms with van der Waals surface area (Å²) in [5, 5.41) is 20.0. The van der Waals surface area contributed by atoms with Gasteiger partial charge in [0.05, 0.1) is 6.10 Å². The minimum atomic E-state index is -0.615. The summed E-state index contributed by atoms with van der Waals surface area (Å²) >= 11 is 0. The van der Waals surface area contributed by atoms with Crippen molar-refractivity contribution in [2.24, 2.45) is 5.84 Å². The van der Waals surface area contributed by atoms with Gasteiger partial charge >= 0.3 is 0 Å². The van der Waals surface area contributed by atoms with E-state index in [2.05, 4.69) is 0 Å². The number of aliphatic hydroxyl groups is 1. The first-order valence-corrected chi connectivity index (χ1v) is 4.02. The van der Waals surface area contributed by atoms with E-state index in [9.17, 15) is 5.11 Å². The van der Waals surface area contributed by atoms with Crippen LogP contribution in [0.25, 0.3) is 0 Å². The van der Waals surface area contributed by atoms with Gasteiger partial charge in [-0.25, -0.2) is 5.01 Å². The van der Waals surface area contributed by atoms with Crippen LogP contribution in [0.5, 0.6) is 5.75 Å². The number of nitrogens with two attached hydrogens (primary N) is 1. The third-order valence-corrected chi connectivity index (χ3v) is 1.74. The third-order valence-electron chi connectivity index (χ3n) is 1.74. The molecule has 4 N–H and O–H groups in total. The number of aromatic hydroxyl groups is 1. The summed E-state index contributed by atoms with van der Waals surface area (Å²) in [5.74, 6) is 5.58. The van der Waals surface area contributed by atoms with Crippen molar-refractivity contribution in [1.29, 1.82) is 0 Å². The number of benzene rings is 1. The van der Waals surface area contributed by atoms with Gasteiger partial charge in [0.2, 0.25) is 0 Å². The van der Waals surface area contributed by atoms with E-state index in [4.69, 9.17) is 10.9 Å². The summed E-state index contributed by atoms with van der Waals surface area (Å²) in [4.78, 5) is 0. The van der Waals surface area contributed by atoms with Crippen molar-refractivity contribution in [3.8, 4) is 5.75 Å². The first-order valence-electron chi connectivity index (χ1n) is 4.02. The lowest BCUT2D eigenvalue weighted by Gasteiger charge is -2.15. The highest BCUT2D eigenvalue weighted by Crippen LogP contribution is 2.16. The minimum absolute atomic E-state index is 0.192. The van der Waals surface area contributed by atoms with Crippen molar-refractivity contribution in [2.75, 3.05) is 13.6 Å². The summed E-state index contributed by atoms with van der Waals surface area (Å²) in [6.07, 6.45) is -0.615. The molecule has 4 heteroatoms. The number of phenols is 1. The number of nitrogens with zero attached hydrogens (tertiary/aromatic N) is 1. The van der Waals surface area contributed by atoms with Gasteiger partial charge in [-0.3, -0.25) is 5.84 Å². The molecule has 0 aliphatic rings. The zero-order valence-electron chi connectivity index (χ0n) is 7.51. The van der Waals surface area contributed by atoms with Gasteiger partial charge in [0, 0.05) is 13.6 Å². The van der Waals surface area contributed by atoms with Crippen LogP contribution in [0.3, 0.4) is 0 Å². The van der Waals surface area contributed by atoms with E-state index in [0.717, 1.165) is 5.56 Å². The van der Waals surface area contributed by atoms with E-state index in [0.29, 0.717) is 6.54 Å². The number of phenolic OH excluding ortho intramolecular Hbond substituents is 1. The number of hydrazine groups is 1. The predicted octanol–water partition coefficient (Wildman–Crippen LogP) is 0.231. The molecule has 0 aliphatic heterocycles. The number of likely N-dealkylation sites (N-methyl/N-ethyl adjacent to an activating group) is 1. The van der Waals surface area contributed by atoms with Gasteiger partial charge in [-0.1, -0.05) is 12.1 Å². The molecule has 0 spiro atoms. The molecular formula is C9H14N2O2. The maximum absolute atomic E-state index is 9.58. The Hall–Kier alpha value is -1.10. The van der Waals surface area contributed by atoms with Crippen LogP contribution in [0.2, 0.25) is 0 Å². The molecule has 0 radical (unpaired) electrons. The van der Waals surface area contributed by atoms with E-state index in [1.165, 1.54) is 17.1 Å². The quantitative estimate of drug-likeness (QED) is 0.462. The lowest BCUT2D eigenvalue weighted by molar-refractivity contribution is 0.127. The molecule has 1 unspecified atom stereocenters. The highest BCUT2D eigenvalue weighted by Gasteiger charge is 2.07. The van der Waals surface area contributed by atoms with Crippen LogP contribution < -0.4 is 5.84 Å². The Balaban J connectivity index is 2.66. The van der Waals surface area contributed by atoms with Crippen LogP contribution in [0, 0.1) is 0 Å². The van der Waals surface area contributed by atoms with Crippen LogP contribution in [-0.4, -0.2) is 28.8 Å². The van der Waals surface area contributed by atoms with Crippen LogP contribution in [-0.2, 0) is 0 Å². The Kier molecular flexibility index (Phi) is 3.25. The van der Waals surface area contributed by atoms with E-state index in [-0.39, 0.29) is 5.75 Å². The number of hydrogen-bond donors (Lipinski definition) is 3.